The Morgan fingerprint density at radius 3 is 2.00 bits per heavy atom. The summed E-state index contributed by atoms with van der Waals surface area (Å²) in [6.45, 7) is 3.43. The monoisotopic (exact) mass is 253 g/mol. The van der Waals surface area contributed by atoms with Gasteiger partial charge in [-0.05, 0) is 25.7 Å². The summed E-state index contributed by atoms with van der Waals surface area (Å²) >= 11 is 0. The third kappa shape index (κ3) is 1.49. The maximum atomic E-state index is 12.3. The number of likely N-dealkylation sites (tertiary alicyclic amines) is 1. The zero-order valence-corrected chi connectivity index (χ0v) is 10.8. The van der Waals surface area contributed by atoms with Gasteiger partial charge in [-0.15, -0.1) is 0 Å². The summed E-state index contributed by atoms with van der Waals surface area (Å²) in [5, 5.41) is 9.44. The molecule has 2 unspecified atom stereocenters. The molecule has 0 aromatic heterocycles. The van der Waals surface area contributed by atoms with Crippen LogP contribution in [0.15, 0.2) is 0 Å². The molecule has 2 rings (SSSR count). The Bertz CT molecular complexity index is 378. The lowest BCUT2D eigenvalue weighted by Crippen LogP contribution is -2.57. The van der Waals surface area contributed by atoms with E-state index in [1.807, 2.05) is 0 Å². The van der Waals surface area contributed by atoms with Crippen molar-refractivity contribution in [1.29, 1.82) is 0 Å². The van der Waals surface area contributed by atoms with Crippen molar-refractivity contribution in [3.05, 3.63) is 0 Å². The Kier molecular flexibility index (Phi) is 3.17. The van der Waals surface area contributed by atoms with E-state index < -0.39 is 11.5 Å². The summed E-state index contributed by atoms with van der Waals surface area (Å²) in [6, 6.07) is 0. The average molecular weight is 253 g/mol. The van der Waals surface area contributed by atoms with Crippen LogP contribution in [0.25, 0.3) is 0 Å². The molecule has 0 radical (unpaired) electrons. The third-order valence-electron chi connectivity index (χ3n) is 4.59. The molecule has 1 saturated carbocycles. The number of fused-ring (bicyclic) bond motifs is 1. The van der Waals surface area contributed by atoms with Gasteiger partial charge in [-0.3, -0.25) is 14.5 Å². The van der Waals surface area contributed by atoms with Gasteiger partial charge in [0.2, 0.25) is 11.8 Å². The first kappa shape index (κ1) is 13.1. The van der Waals surface area contributed by atoms with E-state index in [4.69, 9.17) is 0 Å². The van der Waals surface area contributed by atoms with Crippen molar-refractivity contribution in [2.45, 2.75) is 51.5 Å². The number of nitrogens with zero attached hydrogens (tertiary/aromatic N) is 1. The van der Waals surface area contributed by atoms with Gasteiger partial charge < -0.3 is 5.11 Å². The summed E-state index contributed by atoms with van der Waals surface area (Å²) in [7, 11) is 0. The lowest BCUT2D eigenvalue weighted by Gasteiger charge is -2.35. The molecule has 2 aliphatic rings. The molecule has 2 amide bonds. The molecule has 2 fully saturated rings. The third-order valence-corrected chi connectivity index (χ3v) is 4.59. The molecule has 1 saturated heterocycles. The van der Waals surface area contributed by atoms with Crippen LogP contribution in [0.4, 0.5) is 0 Å². The fourth-order valence-electron chi connectivity index (χ4n) is 3.38. The van der Waals surface area contributed by atoms with Gasteiger partial charge in [-0.1, -0.05) is 20.3 Å². The Hall–Kier alpha value is -1.39. The van der Waals surface area contributed by atoms with E-state index in [9.17, 15) is 19.5 Å². The van der Waals surface area contributed by atoms with E-state index in [1.54, 1.807) is 13.8 Å². The summed E-state index contributed by atoms with van der Waals surface area (Å²) in [6.07, 6.45) is 2.84. The first-order valence-electron chi connectivity index (χ1n) is 6.61. The highest BCUT2D eigenvalue weighted by molar-refractivity contribution is 6.09. The molecule has 5 nitrogen and oxygen atoms in total. The summed E-state index contributed by atoms with van der Waals surface area (Å²) in [4.78, 5) is 37.2. The van der Waals surface area contributed by atoms with Crippen LogP contribution >= 0.6 is 0 Å². The van der Waals surface area contributed by atoms with E-state index in [2.05, 4.69) is 0 Å². The van der Waals surface area contributed by atoms with E-state index in [0.29, 0.717) is 0 Å². The van der Waals surface area contributed by atoms with Gasteiger partial charge in [-0.25, -0.2) is 4.79 Å². The molecule has 0 aromatic rings. The Balaban J connectivity index is 2.41. The number of carbonyl (C=O) groups is 3. The SMILES string of the molecule is CCC(CC)(C(=O)O)N1C(=O)C2CCCC2C1=O. The van der Waals surface area contributed by atoms with Gasteiger partial charge in [0.05, 0.1) is 11.8 Å². The maximum absolute atomic E-state index is 12.3. The van der Waals surface area contributed by atoms with Crippen LogP contribution in [0.2, 0.25) is 0 Å². The minimum Gasteiger partial charge on any atom is -0.479 e. The molecular formula is C13H19NO4. The van der Waals surface area contributed by atoms with Crippen molar-refractivity contribution < 1.29 is 19.5 Å². The molecule has 1 aliphatic heterocycles. The smallest absolute Gasteiger partial charge is 0.330 e. The number of aliphatic carboxylic acids is 1. The van der Waals surface area contributed by atoms with Crippen LogP contribution in [0, 0.1) is 11.8 Å². The topological polar surface area (TPSA) is 74.7 Å². The van der Waals surface area contributed by atoms with Crippen molar-refractivity contribution in [2.24, 2.45) is 11.8 Å². The minimum absolute atomic E-state index is 0.260. The largest absolute Gasteiger partial charge is 0.479 e. The number of imide groups is 1. The van der Waals surface area contributed by atoms with Crippen LogP contribution < -0.4 is 0 Å². The van der Waals surface area contributed by atoms with E-state index in [1.165, 1.54) is 0 Å². The lowest BCUT2D eigenvalue weighted by atomic mass is 9.90. The fraction of sp³-hybridized carbons (Fsp3) is 0.769. The minimum atomic E-state index is -1.35. The zero-order valence-electron chi connectivity index (χ0n) is 10.8. The molecule has 1 aliphatic carbocycles. The van der Waals surface area contributed by atoms with Crippen molar-refractivity contribution in [3.8, 4) is 0 Å². The van der Waals surface area contributed by atoms with Crippen LogP contribution in [-0.4, -0.2) is 33.3 Å². The number of hydrogen-bond acceptors (Lipinski definition) is 3. The second-order valence-electron chi connectivity index (χ2n) is 5.20. The molecule has 18 heavy (non-hydrogen) atoms. The molecular weight excluding hydrogens is 234 g/mol. The predicted octanol–water partition coefficient (Wildman–Crippen LogP) is 1.41. The van der Waals surface area contributed by atoms with Crippen LogP contribution in [-0.2, 0) is 14.4 Å². The van der Waals surface area contributed by atoms with E-state index in [-0.39, 0.29) is 36.5 Å². The summed E-state index contributed by atoms with van der Waals surface area (Å²) in [5.41, 5.74) is -1.35. The maximum Gasteiger partial charge on any atom is 0.330 e. The number of carbonyl (C=O) groups excluding carboxylic acids is 2. The van der Waals surface area contributed by atoms with Gasteiger partial charge in [0.15, 0.2) is 0 Å². The molecule has 0 spiro atoms. The first-order valence-corrected chi connectivity index (χ1v) is 6.61. The van der Waals surface area contributed by atoms with Gasteiger partial charge in [0.25, 0.3) is 0 Å². The number of rotatable bonds is 4. The second kappa shape index (κ2) is 4.37. The summed E-state index contributed by atoms with van der Waals surface area (Å²) in [5.74, 6) is -2.15. The van der Waals surface area contributed by atoms with Gasteiger partial charge in [-0.2, -0.15) is 0 Å². The lowest BCUT2D eigenvalue weighted by molar-refractivity contribution is -0.164. The number of carboxylic acids is 1. The van der Waals surface area contributed by atoms with Crippen molar-refractivity contribution >= 4 is 17.8 Å². The highest BCUT2D eigenvalue weighted by atomic mass is 16.4. The fourth-order valence-corrected chi connectivity index (χ4v) is 3.38. The van der Waals surface area contributed by atoms with Crippen LogP contribution in [0.3, 0.4) is 0 Å². The Morgan fingerprint density at radius 2 is 1.67 bits per heavy atom. The van der Waals surface area contributed by atoms with Crippen molar-refractivity contribution in [1.82, 2.24) is 4.90 Å². The van der Waals surface area contributed by atoms with E-state index in [0.717, 1.165) is 24.2 Å². The van der Waals surface area contributed by atoms with E-state index >= 15 is 0 Å². The standard InChI is InChI=1S/C13H19NO4/c1-3-13(4-2,12(17)18)14-10(15)8-6-5-7-9(8)11(14)16/h8-9H,3-7H2,1-2H3,(H,17,18). The highest BCUT2D eigenvalue weighted by Gasteiger charge is 2.58. The molecule has 2 atom stereocenters. The molecule has 100 valence electrons. The van der Waals surface area contributed by atoms with Gasteiger partial charge >= 0.3 is 5.97 Å². The Morgan fingerprint density at radius 1 is 1.22 bits per heavy atom. The van der Waals surface area contributed by atoms with Crippen molar-refractivity contribution in [2.75, 3.05) is 0 Å². The molecule has 0 aromatic carbocycles. The normalized spacial score (nSPS) is 27.8. The van der Waals surface area contributed by atoms with Gasteiger partial charge in [0.1, 0.15) is 5.54 Å². The Labute approximate surface area is 106 Å². The number of amides is 2. The van der Waals surface area contributed by atoms with Crippen LogP contribution in [0.1, 0.15) is 46.0 Å². The average Bonchev–Trinajstić information content (AvgIpc) is 2.90. The molecule has 5 heteroatoms. The highest BCUT2D eigenvalue weighted by Crippen LogP contribution is 2.43. The molecule has 1 N–H and O–H groups in total. The van der Waals surface area contributed by atoms with Gasteiger partial charge in [0, 0.05) is 0 Å². The zero-order chi connectivity index (χ0) is 13.5. The van der Waals surface area contributed by atoms with Crippen molar-refractivity contribution in [3.63, 3.8) is 0 Å². The summed E-state index contributed by atoms with van der Waals surface area (Å²) < 4.78 is 0. The first-order chi connectivity index (χ1) is 8.49. The number of hydrogen-bond donors (Lipinski definition) is 1. The van der Waals surface area contributed by atoms with Crippen LogP contribution in [0.5, 0.6) is 0 Å². The molecule has 0 bridgehead atoms. The number of carboxylic acid groups (broad SMARTS) is 1. The predicted molar refractivity (Wildman–Crippen MR) is 63.6 cm³/mol. The molecule has 1 heterocycles. The second-order valence-corrected chi connectivity index (χ2v) is 5.20. The quantitative estimate of drug-likeness (QED) is 0.769.